The fourth-order valence-electron chi connectivity index (χ4n) is 2.91. The van der Waals surface area contributed by atoms with Crippen molar-refractivity contribution in [3.8, 4) is 0 Å². The Kier molecular flexibility index (Phi) is 7.61. The fourth-order valence-corrected chi connectivity index (χ4v) is 4.36. The number of nitrogens with one attached hydrogen (secondary N) is 1. The van der Waals surface area contributed by atoms with Crippen LogP contribution in [-0.4, -0.2) is 62.8 Å². The molecular weight excluding hydrogens is 350 g/mol. The Balaban J connectivity index is 2.08. The molecule has 0 spiro atoms. The zero-order valence-corrected chi connectivity index (χ0v) is 16.9. The molecular formula is C19H31N3O3S. The average Bonchev–Trinajstić information content (AvgIpc) is 2.62. The van der Waals surface area contributed by atoms with E-state index in [1.807, 2.05) is 11.8 Å². The van der Waals surface area contributed by atoms with E-state index >= 15 is 0 Å². The molecule has 1 aliphatic heterocycles. The zero-order valence-electron chi connectivity index (χ0n) is 16.1. The molecule has 1 aromatic carbocycles. The SMILES string of the molecule is Cc1ccc(S(=O)(=O)N(CCC(=O)N2CCNCC2)CCC(C)C)cc1. The lowest BCUT2D eigenvalue weighted by Gasteiger charge is -2.29. The van der Waals surface area contributed by atoms with E-state index in [0.717, 1.165) is 25.1 Å². The summed E-state index contributed by atoms with van der Waals surface area (Å²) in [6.45, 7) is 9.71. The first-order valence-electron chi connectivity index (χ1n) is 9.36. The van der Waals surface area contributed by atoms with Crippen LogP contribution in [0.1, 0.15) is 32.3 Å². The minimum atomic E-state index is -3.59. The Bertz CT molecular complexity index is 680. The molecule has 7 heteroatoms. The predicted molar refractivity (Wildman–Crippen MR) is 103 cm³/mol. The quantitative estimate of drug-likeness (QED) is 0.746. The van der Waals surface area contributed by atoms with Crippen LogP contribution in [0.3, 0.4) is 0 Å². The molecule has 1 heterocycles. The molecule has 1 aromatic rings. The number of sulfonamides is 1. The molecule has 1 aliphatic rings. The summed E-state index contributed by atoms with van der Waals surface area (Å²) >= 11 is 0. The Morgan fingerprint density at radius 3 is 2.35 bits per heavy atom. The summed E-state index contributed by atoms with van der Waals surface area (Å²) in [7, 11) is -3.59. The van der Waals surface area contributed by atoms with Gasteiger partial charge in [0.25, 0.3) is 0 Å². The highest BCUT2D eigenvalue weighted by Crippen LogP contribution is 2.18. The molecule has 2 rings (SSSR count). The lowest BCUT2D eigenvalue weighted by Crippen LogP contribution is -2.47. The monoisotopic (exact) mass is 381 g/mol. The Hall–Kier alpha value is -1.44. The molecule has 0 aromatic heterocycles. The van der Waals surface area contributed by atoms with Crippen molar-refractivity contribution in [3.63, 3.8) is 0 Å². The van der Waals surface area contributed by atoms with Crippen LogP contribution in [0.2, 0.25) is 0 Å². The molecule has 0 unspecified atom stereocenters. The Labute approximate surface area is 157 Å². The molecule has 1 saturated heterocycles. The molecule has 0 aliphatic carbocycles. The van der Waals surface area contributed by atoms with Crippen LogP contribution in [0.5, 0.6) is 0 Å². The highest BCUT2D eigenvalue weighted by molar-refractivity contribution is 7.89. The van der Waals surface area contributed by atoms with Gasteiger partial charge in [-0.05, 0) is 31.4 Å². The largest absolute Gasteiger partial charge is 0.340 e. The molecule has 146 valence electrons. The maximum absolute atomic E-state index is 13.0. The first kappa shape index (κ1) is 20.9. The van der Waals surface area contributed by atoms with Crippen LogP contribution in [0.15, 0.2) is 29.2 Å². The van der Waals surface area contributed by atoms with Gasteiger partial charge in [0.1, 0.15) is 0 Å². The maximum Gasteiger partial charge on any atom is 0.243 e. The normalized spacial score (nSPS) is 15.7. The Morgan fingerprint density at radius 2 is 1.77 bits per heavy atom. The summed E-state index contributed by atoms with van der Waals surface area (Å²) in [6.07, 6.45) is 0.996. The van der Waals surface area contributed by atoms with Gasteiger partial charge in [-0.2, -0.15) is 4.31 Å². The van der Waals surface area contributed by atoms with Gasteiger partial charge in [0.15, 0.2) is 0 Å². The number of carbonyl (C=O) groups excluding carboxylic acids is 1. The number of carbonyl (C=O) groups is 1. The summed E-state index contributed by atoms with van der Waals surface area (Å²) in [4.78, 5) is 14.5. The molecule has 0 radical (unpaired) electrons. The van der Waals surface area contributed by atoms with E-state index < -0.39 is 10.0 Å². The van der Waals surface area contributed by atoms with Gasteiger partial charge in [0.05, 0.1) is 4.90 Å². The van der Waals surface area contributed by atoms with Gasteiger partial charge in [-0.15, -0.1) is 0 Å². The lowest BCUT2D eigenvalue weighted by molar-refractivity contribution is -0.131. The third-order valence-electron chi connectivity index (χ3n) is 4.66. The van der Waals surface area contributed by atoms with Gasteiger partial charge in [-0.25, -0.2) is 8.42 Å². The van der Waals surface area contributed by atoms with Crippen molar-refractivity contribution in [1.29, 1.82) is 0 Å². The number of piperazine rings is 1. The number of hydrogen-bond donors (Lipinski definition) is 1. The van der Waals surface area contributed by atoms with Gasteiger partial charge in [0.2, 0.25) is 15.9 Å². The number of hydrogen-bond acceptors (Lipinski definition) is 4. The van der Waals surface area contributed by atoms with Crippen LogP contribution in [-0.2, 0) is 14.8 Å². The topological polar surface area (TPSA) is 69.7 Å². The van der Waals surface area contributed by atoms with Crippen LogP contribution in [0.25, 0.3) is 0 Å². The van der Waals surface area contributed by atoms with Crippen LogP contribution in [0, 0.1) is 12.8 Å². The number of benzene rings is 1. The van der Waals surface area contributed by atoms with Gasteiger partial charge >= 0.3 is 0 Å². The van der Waals surface area contributed by atoms with Crippen molar-refractivity contribution in [2.75, 3.05) is 39.3 Å². The number of aryl methyl sites for hydroxylation is 1. The van der Waals surface area contributed by atoms with Crippen molar-refractivity contribution in [3.05, 3.63) is 29.8 Å². The van der Waals surface area contributed by atoms with Crippen LogP contribution in [0.4, 0.5) is 0 Å². The lowest BCUT2D eigenvalue weighted by atomic mass is 10.1. The third-order valence-corrected chi connectivity index (χ3v) is 6.57. The molecule has 0 bridgehead atoms. The van der Waals surface area contributed by atoms with E-state index in [-0.39, 0.29) is 18.9 Å². The van der Waals surface area contributed by atoms with E-state index in [1.165, 1.54) is 4.31 Å². The second-order valence-corrected chi connectivity index (χ2v) is 9.22. The van der Waals surface area contributed by atoms with E-state index in [4.69, 9.17) is 0 Å². The van der Waals surface area contributed by atoms with Crippen molar-refractivity contribution in [2.45, 2.75) is 38.5 Å². The molecule has 0 saturated carbocycles. The Morgan fingerprint density at radius 1 is 1.15 bits per heavy atom. The van der Waals surface area contributed by atoms with Crippen molar-refractivity contribution in [1.82, 2.24) is 14.5 Å². The summed E-state index contributed by atoms with van der Waals surface area (Å²) < 4.78 is 27.5. The number of amides is 1. The smallest absolute Gasteiger partial charge is 0.243 e. The van der Waals surface area contributed by atoms with Crippen molar-refractivity contribution < 1.29 is 13.2 Å². The zero-order chi connectivity index (χ0) is 19.2. The minimum absolute atomic E-state index is 0.0279. The van der Waals surface area contributed by atoms with E-state index in [2.05, 4.69) is 19.2 Å². The first-order chi connectivity index (χ1) is 12.3. The van der Waals surface area contributed by atoms with Crippen molar-refractivity contribution >= 4 is 15.9 Å². The number of rotatable bonds is 8. The second kappa shape index (κ2) is 9.48. The minimum Gasteiger partial charge on any atom is -0.340 e. The molecule has 0 atom stereocenters. The van der Waals surface area contributed by atoms with Crippen LogP contribution < -0.4 is 5.32 Å². The predicted octanol–water partition coefficient (Wildman–Crippen LogP) is 1.85. The highest BCUT2D eigenvalue weighted by Gasteiger charge is 2.26. The first-order valence-corrected chi connectivity index (χ1v) is 10.8. The van der Waals surface area contributed by atoms with Gasteiger partial charge in [0, 0.05) is 45.7 Å². The fraction of sp³-hybridized carbons (Fsp3) is 0.632. The average molecular weight is 382 g/mol. The standard InChI is InChI=1S/C19H31N3O3S/c1-16(2)8-12-22(13-9-19(23)21-14-10-20-11-15-21)26(24,25)18-6-4-17(3)5-7-18/h4-7,16,20H,8-15H2,1-3H3. The molecule has 1 N–H and O–H groups in total. The number of nitrogens with zero attached hydrogens (tertiary/aromatic N) is 2. The second-order valence-electron chi connectivity index (χ2n) is 7.28. The summed E-state index contributed by atoms with van der Waals surface area (Å²) in [5.41, 5.74) is 1.02. The van der Waals surface area contributed by atoms with Crippen LogP contribution >= 0.6 is 0 Å². The summed E-state index contributed by atoms with van der Waals surface area (Å²) in [5.74, 6) is 0.426. The maximum atomic E-state index is 13.0. The molecule has 6 nitrogen and oxygen atoms in total. The van der Waals surface area contributed by atoms with E-state index in [1.54, 1.807) is 24.3 Å². The van der Waals surface area contributed by atoms with E-state index in [9.17, 15) is 13.2 Å². The van der Waals surface area contributed by atoms with Crippen molar-refractivity contribution in [2.24, 2.45) is 5.92 Å². The third kappa shape index (κ3) is 5.79. The molecule has 26 heavy (non-hydrogen) atoms. The van der Waals surface area contributed by atoms with Gasteiger partial charge < -0.3 is 10.2 Å². The molecule has 1 fully saturated rings. The van der Waals surface area contributed by atoms with E-state index in [0.29, 0.717) is 30.4 Å². The molecule has 1 amide bonds. The van der Waals surface area contributed by atoms with Gasteiger partial charge in [-0.3, -0.25) is 4.79 Å². The highest BCUT2D eigenvalue weighted by atomic mass is 32.2. The summed E-state index contributed by atoms with van der Waals surface area (Å²) in [5, 5.41) is 3.22. The summed E-state index contributed by atoms with van der Waals surface area (Å²) in [6, 6.07) is 6.90. The van der Waals surface area contributed by atoms with Gasteiger partial charge in [-0.1, -0.05) is 31.5 Å².